The average molecular weight is 287 g/mol. The molecule has 2 rings (SSSR count). The van der Waals surface area contributed by atoms with Crippen LogP contribution in [0.2, 0.25) is 0 Å². The molecule has 0 aliphatic heterocycles. The van der Waals surface area contributed by atoms with Crippen molar-refractivity contribution >= 4 is 17.3 Å². The Kier molecular flexibility index (Phi) is 3.84. The summed E-state index contributed by atoms with van der Waals surface area (Å²) in [4.78, 5) is 26.2. The lowest BCUT2D eigenvalue weighted by Gasteiger charge is -2.08. The number of carbonyl (C=O) groups excluding carboxylic acids is 1. The van der Waals surface area contributed by atoms with E-state index in [0.717, 1.165) is 18.4 Å². The first-order valence-electron chi connectivity index (χ1n) is 6.03. The molecule has 1 aromatic carbocycles. The fourth-order valence-electron chi connectivity index (χ4n) is 2.02. The van der Waals surface area contributed by atoms with E-state index in [0.29, 0.717) is 5.56 Å². The monoisotopic (exact) mass is 287 g/mol. The van der Waals surface area contributed by atoms with E-state index in [-0.39, 0.29) is 11.3 Å². The minimum absolute atomic E-state index is 0.0904. The highest BCUT2D eigenvalue weighted by Gasteiger charge is 2.25. The summed E-state index contributed by atoms with van der Waals surface area (Å²) >= 11 is 0. The van der Waals surface area contributed by atoms with Crippen LogP contribution in [0.4, 0.5) is 11.4 Å². The Labute approximate surface area is 120 Å². The highest BCUT2D eigenvalue weighted by Crippen LogP contribution is 2.33. The largest absolute Gasteiger partial charge is 0.465 e. The van der Waals surface area contributed by atoms with E-state index < -0.39 is 16.6 Å². The van der Waals surface area contributed by atoms with Gasteiger partial charge in [-0.15, -0.1) is 0 Å². The smallest absolute Gasteiger partial charge is 0.344 e. The van der Waals surface area contributed by atoms with Crippen molar-refractivity contribution < 1.29 is 14.5 Å². The van der Waals surface area contributed by atoms with Crippen molar-refractivity contribution in [3.63, 3.8) is 0 Å². The molecule has 0 bridgehead atoms. The molecule has 2 aromatic rings. The third-order valence-corrected chi connectivity index (χ3v) is 2.96. The molecule has 21 heavy (non-hydrogen) atoms. The molecule has 0 radical (unpaired) electrons. The molecule has 0 aliphatic rings. The zero-order valence-corrected chi connectivity index (χ0v) is 11.5. The van der Waals surface area contributed by atoms with Crippen molar-refractivity contribution in [2.75, 3.05) is 12.8 Å². The van der Waals surface area contributed by atoms with Crippen LogP contribution < -0.4 is 5.73 Å². The maximum Gasteiger partial charge on any atom is 0.344 e. The van der Waals surface area contributed by atoms with Gasteiger partial charge >= 0.3 is 11.7 Å². The number of nitro groups is 1. The van der Waals surface area contributed by atoms with Gasteiger partial charge in [0, 0.05) is 11.9 Å². The van der Waals surface area contributed by atoms with Crippen LogP contribution in [-0.4, -0.2) is 23.0 Å². The molecule has 0 saturated heterocycles. The van der Waals surface area contributed by atoms with E-state index in [1.807, 2.05) is 6.92 Å². The fraction of sp³-hybridized carbons (Fsp3) is 0.143. The summed E-state index contributed by atoms with van der Waals surface area (Å²) in [6.07, 6.45) is 1.61. The van der Waals surface area contributed by atoms with Gasteiger partial charge in [-0.3, -0.25) is 15.1 Å². The Morgan fingerprint density at radius 2 is 2.05 bits per heavy atom. The highest BCUT2D eigenvalue weighted by molar-refractivity contribution is 5.98. The van der Waals surface area contributed by atoms with Crippen LogP contribution in [0.3, 0.4) is 0 Å². The molecule has 108 valence electrons. The second kappa shape index (κ2) is 5.58. The first-order chi connectivity index (χ1) is 9.93. The lowest BCUT2D eigenvalue weighted by atomic mass is 10.0. The number of carbonyl (C=O) groups is 1. The van der Waals surface area contributed by atoms with Crippen LogP contribution in [0.1, 0.15) is 16.1 Å². The second-order valence-corrected chi connectivity index (χ2v) is 4.40. The van der Waals surface area contributed by atoms with Crippen molar-refractivity contribution in [1.29, 1.82) is 0 Å². The van der Waals surface area contributed by atoms with Gasteiger partial charge in [-0.25, -0.2) is 4.79 Å². The molecule has 0 aliphatic carbocycles. The normalized spacial score (nSPS) is 10.2. The predicted octanol–water partition coefficient (Wildman–Crippen LogP) is 2.33. The molecule has 0 unspecified atom stereocenters. The zero-order valence-electron chi connectivity index (χ0n) is 11.5. The number of nitrogen functional groups attached to an aromatic ring is 1. The Morgan fingerprint density at radius 3 is 2.62 bits per heavy atom. The number of nitrogens with two attached hydrogens (primary N) is 1. The van der Waals surface area contributed by atoms with Gasteiger partial charge in [0.05, 0.1) is 12.0 Å². The molecule has 0 saturated carbocycles. The number of methoxy groups -OCH3 is 1. The fourth-order valence-corrected chi connectivity index (χ4v) is 2.02. The molecule has 1 heterocycles. The van der Waals surface area contributed by atoms with Crippen LogP contribution in [-0.2, 0) is 4.74 Å². The Hall–Kier alpha value is -2.96. The topological polar surface area (TPSA) is 108 Å². The Bertz CT molecular complexity index is 728. The van der Waals surface area contributed by atoms with E-state index in [2.05, 4.69) is 9.72 Å². The number of rotatable bonds is 3. The number of ether oxygens (including phenoxy) is 1. The average Bonchev–Trinajstić information content (AvgIpc) is 2.45. The standard InChI is InChI=1S/C14H13N3O4/c1-8-5-9(3-4-16-8)10-6-11(14(18)21-2)13(17(19)20)12(15)7-10/h3-7H,15H2,1-2H3. The zero-order chi connectivity index (χ0) is 15.6. The number of benzene rings is 1. The summed E-state index contributed by atoms with van der Waals surface area (Å²) in [7, 11) is 1.16. The Morgan fingerprint density at radius 1 is 1.33 bits per heavy atom. The predicted molar refractivity (Wildman–Crippen MR) is 76.8 cm³/mol. The summed E-state index contributed by atoms with van der Waals surface area (Å²) in [6, 6.07) is 6.38. The Balaban J connectivity index is 2.68. The van der Waals surface area contributed by atoms with E-state index in [4.69, 9.17) is 5.73 Å². The lowest BCUT2D eigenvalue weighted by molar-refractivity contribution is -0.384. The molecule has 0 spiro atoms. The van der Waals surface area contributed by atoms with E-state index in [1.165, 1.54) is 12.1 Å². The maximum atomic E-state index is 11.7. The molecular weight excluding hydrogens is 274 g/mol. The maximum absolute atomic E-state index is 11.7. The van der Waals surface area contributed by atoms with Crippen molar-refractivity contribution in [3.05, 3.63) is 51.8 Å². The molecule has 0 fully saturated rings. The second-order valence-electron chi connectivity index (χ2n) is 4.40. The van der Waals surface area contributed by atoms with Gasteiger partial charge in [0.15, 0.2) is 0 Å². The minimum Gasteiger partial charge on any atom is -0.465 e. The third kappa shape index (κ3) is 2.81. The summed E-state index contributed by atoms with van der Waals surface area (Å²) in [5, 5.41) is 11.1. The van der Waals surface area contributed by atoms with Crippen molar-refractivity contribution in [2.45, 2.75) is 6.92 Å². The van der Waals surface area contributed by atoms with Gasteiger partial charge in [-0.05, 0) is 42.3 Å². The van der Waals surface area contributed by atoms with Crippen LogP contribution in [0.25, 0.3) is 11.1 Å². The van der Waals surface area contributed by atoms with Crippen LogP contribution in [0.15, 0.2) is 30.5 Å². The van der Waals surface area contributed by atoms with Crippen molar-refractivity contribution in [2.24, 2.45) is 0 Å². The number of nitrogens with zero attached hydrogens (tertiary/aromatic N) is 2. The van der Waals surface area contributed by atoms with Crippen molar-refractivity contribution in [1.82, 2.24) is 4.98 Å². The SMILES string of the molecule is COC(=O)c1cc(-c2ccnc(C)c2)cc(N)c1[N+](=O)[O-]. The molecule has 2 N–H and O–H groups in total. The van der Waals surface area contributed by atoms with Crippen LogP contribution >= 0.6 is 0 Å². The summed E-state index contributed by atoms with van der Waals surface area (Å²) in [6.45, 7) is 1.82. The van der Waals surface area contributed by atoms with E-state index in [1.54, 1.807) is 18.3 Å². The lowest BCUT2D eigenvalue weighted by Crippen LogP contribution is -2.08. The molecular formula is C14H13N3O4. The summed E-state index contributed by atoms with van der Waals surface area (Å²) in [5.74, 6) is -0.805. The quantitative estimate of drug-likeness (QED) is 0.401. The molecule has 0 amide bonds. The number of esters is 1. The number of anilines is 1. The van der Waals surface area contributed by atoms with Gasteiger partial charge in [0.1, 0.15) is 11.3 Å². The van der Waals surface area contributed by atoms with Gasteiger partial charge < -0.3 is 10.5 Å². The third-order valence-electron chi connectivity index (χ3n) is 2.96. The van der Waals surface area contributed by atoms with Crippen molar-refractivity contribution in [3.8, 4) is 11.1 Å². The summed E-state index contributed by atoms with van der Waals surface area (Å²) < 4.78 is 4.59. The highest BCUT2D eigenvalue weighted by atomic mass is 16.6. The van der Waals surface area contributed by atoms with E-state index >= 15 is 0 Å². The molecule has 0 atom stereocenters. The molecule has 7 heteroatoms. The van der Waals surface area contributed by atoms with Gasteiger partial charge in [0.2, 0.25) is 0 Å². The van der Waals surface area contributed by atoms with E-state index in [9.17, 15) is 14.9 Å². The first kappa shape index (κ1) is 14.4. The number of hydrogen-bond acceptors (Lipinski definition) is 6. The van der Waals surface area contributed by atoms with Gasteiger partial charge in [-0.2, -0.15) is 0 Å². The number of hydrogen-bond donors (Lipinski definition) is 1. The van der Waals surface area contributed by atoms with Crippen LogP contribution in [0.5, 0.6) is 0 Å². The number of pyridine rings is 1. The minimum atomic E-state index is -0.805. The van der Waals surface area contributed by atoms with Crippen LogP contribution in [0, 0.1) is 17.0 Å². The molecule has 7 nitrogen and oxygen atoms in total. The number of aryl methyl sites for hydroxylation is 1. The van der Waals surface area contributed by atoms with Gasteiger partial charge in [-0.1, -0.05) is 0 Å². The molecule has 1 aromatic heterocycles. The van der Waals surface area contributed by atoms with Gasteiger partial charge in [0.25, 0.3) is 0 Å². The number of aromatic nitrogens is 1. The summed E-state index contributed by atoms with van der Waals surface area (Å²) in [5.41, 5.74) is 7.14. The first-order valence-corrected chi connectivity index (χ1v) is 6.03. The number of nitro benzene ring substituents is 1.